The lowest BCUT2D eigenvalue weighted by atomic mass is 10.1. The van der Waals surface area contributed by atoms with Gasteiger partial charge < -0.3 is 30.8 Å². The minimum atomic E-state index is 0.0402. The highest BCUT2D eigenvalue weighted by molar-refractivity contribution is 6.32. The fourth-order valence-electron chi connectivity index (χ4n) is 6.40. The van der Waals surface area contributed by atoms with Crippen LogP contribution in [0.25, 0.3) is 0 Å². The second-order valence-corrected chi connectivity index (χ2v) is 13.6. The number of nitrogens with zero attached hydrogens (tertiary/aromatic N) is 5. The minimum Gasteiger partial charge on any atom is -0.506 e. The van der Waals surface area contributed by atoms with E-state index in [-0.39, 0.29) is 24.1 Å². The number of hydrogen-bond donors (Lipinski definition) is 3. The van der Waals surface area contributed by atoms with Crippen LogP contribution in [0.2, 0.25) is 5.02 Å². The highest BCUT2D eigenvalue weighted by atomic mass is 35.5. The molecule has 276 valence electrons. The SMILES string of the molecule is CCCN1CCOC(c2ccc(Cl)c(O)c2)C1.CCCN1CCOC(c2ccc(N)nc2)C1.CCCN1C[C@H](c2ccc(N)nc2)OC[C@@H]1C. The largest absolute Gasteiger partial charge is 0.506 e. The Bertz CT molecular complexity index is 1400. The number of rotatable bonds is 9. The van der Waals surface area contributed by atoms with Crippen molar-refractivity contribution in [3.63, 3.8) is 0 Å². The molecule has 0 saturated carbocycles. The Morgan fingerprint density at radius 2 is 1.22 bits per heavy atom. The highest BCUT2D eigenvalue weighted by Gasteiger charge is 2.27. The summed E-state index contributed by atoms with van der Waals surface area (Å²) in [5, 5.41) is 9.98. The van der Waals surface area contributed by atoms with E-state index in [1.165, 1.54) is 12.8 Å². The smallest absolute Gasteiger partial charge is 0.134 e. The van der Waals surface area contributed by atoms with Crippen LogP contribution in [0.5, 0.6) is 5.75 Å². The van der Waals surface area contributed by atoms with Gasteiger partial charge in [-0.15, -0.1) is 0 Å². The first-order valence-electron chi connectivity index (χ1n) is 18.1. The van der Waals surface area contributed by atoms with Crippen LogP contribution < -0.4 is 11.5 Å². The van der Waals surface area contributed by atoms with Gasteiger partial charge in [-0.25, -0.2) is 9.97 Å². The second kappa shape index (κ2) is 20.7. The first-order valence-corrected chi connectivity index (χ1v) is 18.5. The van der Waals surface area contributed by atoms with Crippen molar-refractivity contribution in [3.8, 4) is 5.75 Å². The van der Waals surface area contributed by atoms with E-state index in [0.717, 1.165) is 95.3 Å². The molecule has 6 rings (SSSR count). The monoisotopic (exact) mass is 711 g/mol. The molecule has 3 aromatic rings. The van der Waals surface area contributed by atoms with Crippen molar-refractivity contribution in [2.24, 2.45) is 0 Å². The molecule has 0 spiro atoms. The Morgan fingerprint density at radius 1 is 0.720 bits per heavy atom. The number of hydrogen-bond acceptors (Lipinski definition) is 11. The van der Waals surface area contributed by atoms with Crippen LogP contribution in [0.1, 0.15) is 82.0 Å². The molecule has 12 heteroatoms. The summed E-state index contributed by atoms with van der Waals surface area (Å²) in [6.45, 7) is 19.3. The van der Waals surface area contributed by atoms with E-state index in [1.807, 2.05) is 42.7 Å². The predicted molar refractivity (Wildman–Crippen MR) is 201 cm³/mol. The summed E-state index contributed by atoms with van der Waals surface area (Å²) in [6, 6.07) is 13.5. The first kappa shape index (κ1) is 39.8. The molecule has 3 saturated heterocycles. The van der Waals surface area contributed by atoms with Crippen LogP contribution >= 0.6 is 11.6 Å². The van der Waals surface area contributed by atoms with E-state index in [9.17, 15) is 5.11 Å². The fraction of sp³-hybridized carbons (Fsp3) is 0.579. The molecule has 0 aliphatic carbocycles. The van der Waals surface area contributed by atoms with Crippen LogP contribution in [-0.2, 0) is 14.2 Å². The van der Waals surface area contributed by atoms with Gasteiger partial charge in [-0.05, 0) is 75.6 Å². The van der Waals surface area contributed by atoms with Crippen molar-refractivity contribution in [2.45, 2.75) is 71.3 Å². The maximum Gasteiger partial charge on any atom is 0.134 e. The number of aromatic nitrogens is 2. The van der Waals surface area contributed by atoms with Crippen LogP contribution in [0.4, 0.5) is 11.6 Å². The van der Waals surface area contributed by atoms with Gasteiger partial charge in [-0.3, -0.25) is 14.7 Å². The summed E-state index contributed by atoms with van der Waals surface area (Å²) in [7, 11) is 0. The lowest BCUT2D eigenvalue weighted by molar-refractivity contribution is -0.0599. The van der Waals surface area contributed by atoms with Gasteiger partial charge >= 0.3 is 0 Å². The van der Waals surface area contributed by atoms with E-state index in [1.54, 1.807) is 12.1 Å². The molecule has 0 amide bonds. The molecule has 2 aromatic heterocycles. The molecule has 1 aromatic carbocycles. The van der Waals surface area contributed by atoms with E-state index in [4.69, 9.17) is 37.3 Å². The average Bonchev–Trinajstić information content (AvgIpc) is 3.12. The molecule has 3 fully saturated rings. The molecule has 3 aliphatic rings. The Labute approximate surface area is 303 Å². The number of aromatic hydroxyl groups is 1. The van der Waals surface area contributed by atoms with E-state index < -0.39 is 0 Å². The van der Waals surface area contributed by atoms with Crippen LogP contribution in [0.3, 0.4) is 0 Å². The number of nitrogen functional groups attached to an aromatic ring is 2. The molecule has 50 heavy (non-hydrogen) atoms. The molecule has 11 nitrogen and oxygen atoms in total. The molecule has 5 N–H and O–H groups in total. The lowest BCUT2D eigenvalue weighted by Crippen LogP contribution is -2.45. The summed E-state index contributed by atoms with van der Waals surface area (Å²) in [4.78, 5) is 15.5. The zero-order chi connectivity index (χ0) is 35.9. The van der Waals surface area contributed by atoms with Crippen LogP contribution in [0.15, 0.2) is 54.9 Å². The van der Waals surface area contributed by atoms with Gasteiger partial charge in [0.05, 0.1) is 43.2 Å². The summed E-state index contributed by atoms with van der Waals surface area (Å²) in [5.74, 6) is 1.24. The van der Waals surface area contributed by atoms with Crippen LogP contribution in [-0.4, -0.2) is 108 Å². The van der Waals surface area contributed by atoms with Gasteiger partial charge in [-0.1, -0.05) is 50.6 Å². The zero-order valence-corrected chi connectivity index (χ0v) is 31.1. The topological polar surface area (TPSA) is 135 Å². The average molecular weight is 712 g/mol. The van der Waals surface area contributed by atoms with Crippen LogP contribution in [0, 0.1) is 0 Å². The Balaban J connectivity index is 0.000000169. The number of nitrogens with two attached hydrogens (primary N) is 2. The second-order valence-electron chi connectivity index (χ2n) is 13.2. The number of phenols is 1. The van der Waals surface area contributed by atoms with Gasteiger partial charge in [-0.2, -0.15) is 0 Å². The maximum atomic E-state index is 9.60. The van der Waals surface area contributed by atoms with Gasteiger partial charge in [0.2, 0.25) is 0 Å². The molecule has 4 atom stereocenters. The maximum absolute atomic E-state index is 9.60. The Kier molecular flexibility index (Phi) is 16.5. The van der Waals surface area contributed by atoms with Crippen molar-refractivity contribution in [3.05, 3.63) is 76.6 Å². The standard InChI is InChI=1S/C13H18ClNO2.C13H21N3O.C12H19N3O/c1-2-5-15-6-7-17-13(9-15)10-3-4-11(14)12(16)8-10;1-3-6-16-8-12(17-9-10(16)2)11-4-5-13(14)15-7-11;1-2-5-15-6-7-16-11(9-15)10-3-4-12(13)14-8-10/h3-4,8,13,16H,2,5-7,9H2,1H3;4-5,7,10,12H,3,6,8-9H2,1-2H3,(H2,14,15);3-4,8,11H,2,5-7,9H2,1H3,(H2,13,14)/t;10-,12+;/m.0./s1. The Hall–Kier alpha value is -3.03. The number of ether oxygens (including phenoxy) is 3. The molecule has 5 heterocycles. The number of halogens is 1. The van der Waals surface area contributed by atoms with Gasteiger partial charge in [0.15, 0.2) is 0 Å². The fourth-order valence-corrected chi connectivity index (χ4v) is 6.52. The third-order valence-corrected chi connectivity index (χ3v) is 9.48. The summed E-state index contributed by atoms with van der Waals surface area (Å²) in [5.41, 5.74) is 14.4. The Morgan fingerprint density at radius 3 is 1.70 bits per heavy atom. The zero-order valence-electron chi connectivity index (χ0n) is 30.3. The van der Waals surface area contributed by atoms with E-state index in [2.05, 4.69) is 52.4 Å². The molecule has 3 aliphatic heterocycles. The molecule has 2 unspecified atom stereocenters. The quantitative estimate of drug-likeness (QED) is 0.237. The first-order chi connectivity index (χ1) is 24.2. The van der Waals surface area contributed by atoms with Gasteiger partial charge in [0.1, 0.15) is 17.4 Å². The van der Waals surface area contributed by atoms with Gasteiger partial charge in [0.25, 0.3) is 0 Å². The number of morpholine rings is 3. The number of phenolic OH excluding ortho intramolecular Hbond substituents is 1. The number of benzene rings is 1. The third-order valence-electron chi connectivity index (χ3n) is 9.16. The van der Waals surface area contributed by atoms with E-state index >= 15 is 0 Å². The summed E-state index contributed by atoms with van der Waals surface area (Å²) >= 11 is 5.80. The molecule has 0 bridgehead atoms. The van der Waals surface area contributed by atoms with Crippen molar-refractivity contribution in [1.82, 2.24) is 24.7 Å². The number of anilines is 2. The highest BCUT2D eigenvalue weighted by Crippen LogP contribution is 2.30. The normalized spacial score (nSPS) is 23.3. The number of pyridine rings is 2. The van der Waals surface area contributed by atoms with Crippen molar-refractivity contribution >= 4 is 23.2 Å². The molecule has 0 radical (unpaired) electrons. The summed E-state index contributed by atoms with van der Waals surface area (Å²) < 4.78 is 17.4. The molecular weight excluding hydrogens is 654 g/mol. The molecular formula is C38H58ClN7O4. The third kappa shape index (κ3) is 12.3. The minimum absolute atomic E-state index is 0.0402. The lowest BCUT2D eigenvalue weighted by Gasteiger charge is -2.38. The van der Waals surface area contributed by atoms with E-state index in [0.29, 0.717) is 22.7 Å². The van der Waals surface area contributed by atoms with Crippen molar-refractivity contribution in [1.29, 1.82) is 0 Å². The van der Waals surface area contributed by atoms with Crippen molar-refractivity contribution in [2.75, 3.05) is 83.6 Å². The van der Waals surface area contributed by atoms with Crippen molar-refractivity contribution < 1.29 is 19.3 Å². The summed E-state index contributed by atoms with van der Waals surface area (Å²) in [6.07, 6.45) is 7.47. The predicted octanol–water partition coefficient (Wildman–Crippen LogP) is 6.11. The van der Waals surface area contributed by atoms with Gasteiger partial charge in [0, 0.05) is 62.3 Å².